The highest BCUT2D eigenvalue weighted by molar-refractivity contribution is 8.55. The SMILES string of the molecule is C=C1C(=Nc2cc(F)c(/C(C=NC(=C)C(C)(C)SP(=O)([O-])OC)=C/C)cc2C)[C@@H](C)C[C@H]1c1c(OC(F)F)cccc1C(C)=O. The van der Waals surface area contributed by atoms with Crippen molar-refractivity contribution in [3.05, 3.63) is 88.9 Å². The van der Waals surface area contributed by atoms with Crippen molar-refractivity contribution in [3.63, 3.8) is 0 Å². The Morgan fingerprint density at radius 3 is 2.51 bits per heavy atom. The Hall–Kier alpha value is -3.24. The van der Waals surface area contributed by atoms with Gasteiger partial charge in [-0.05, 0) is 75.8 Å². The van der Waals surface area contributed by atoms with Crippen molar-refractivity contribution in [3.8, 4) is 5.75 Å². The molecule has 0 aliphatic heterocycles. The van der Waals surface area contributed by atoms with Crippen molar-refractivity contribution in [2.24, 2.45) is 15.9 Å². The molecule has 0 spiro atoms. The van der Waals surface area contributed by atoms with Gasteiger partial charge in [0.15, 0.2) is 12.6 Å². The molecule has 0 heterocycles. The molecule has 0 aromatic heterocycles. The summed E-state index contributed by atoms with van der Waals surface area (Å²) in [6.45, 7) is 10.9. The Labute approximate surface area is 266 Å². The van der Waals surface area contributed by atoms with E-state index in [9.17, 15) is 23.0 Å². The summed E-state index contributed by atoms with van der Waals surface area (Å²) in [5.74, 6) is -1.62. The Morgan fingerprint density at radius 2 is 1.93 bits per heavy atom. The molecule has 12 heteroatoms. The highest BCUT2D eigenvalue weighted by Crippen LogP contribution is 2.58. The summed E-state index contributed by atoms with van der Waals surface area (Å²) in [5.41, 5.74) is 3.69. The fourth-order valence-corrected chi connectivity index (χ4v) is 8.11. The number of rotatable bonds is 12. The third-order valence-corrected chi connectivity index (χ3v) is 11.4. The molecule has 242 valence electrons. The lowest BCUT2D eigenvalue weighted by atomic mass is 9.88. The minimum absolute atomic E-state index is 0.0881. The van der Waals surface area contributed by atoms with Crippen LogP contribution in [-0.2, 0) is 9.09 Å². The number of nitrogens with zero attached hydrogens (tertiary/aromatic N) is 2. The smallest absolute Gasteiger partial charge is 0.387 e. The van der Waals surface area contributed by atoms with Crippen LogP contribution in [0.4, 0.5) is 18.9 Å². The monoisotopic (exact) mass is 661 g/mol. The number of hydrogen-bond acceptors (Lipinski definition) is 8. The minimum Gasteiger partial charge on any atom is -0.770 e. The standard InChI is InChI=1S/C33H38F3N2O5PS/c1-10-23(17-37-22(6)33(7,8)45-44(40,41)42-9)26-14-18(2)28(16-27(26)34)38-31-19(3)15-25(20(31)4)30-24(21(5)39)12-11-13-29(30)43-32(35)36/h10-14,16-17,19,25,32H,4,6,15H2,1-3,5,7-9H3,(H,40,41)/p-1/b23-10+,37-17?,38-31?/t19-,25+/m0/s1. The van der Waals surface area contributed by atoms with Gasteiger partial charge in [-0.2, -0.15) is 8.78 Å². The molecule has 2 aromatic rings. The number of Topliss-reactive ketones (excluding diaryl/α,β-unsaturated/α-hetero) is 1. The van der Waals surface area contributed by atoms with E-state index in [0.29, 0.717) is 51.5 Å². The van der Waals surface area contributed by atoms with Crippen LogP contribution in [0, 0.1) is 18.7 Å². The normalized spacial score (nSPS) is 19.9. The predicted octanol–water partition coefficient (Wildman–Crippen LogP) is 9.00. The second-order valence-electron chi connectivity index (χ2n) is 11.2. The van der Waals surface area contributed by atoms with Crippen LogP contribution in [0.15, 0.2) is 70.8 Å². The quantitative estimate of drug-likeness (QED) is 0.128. The molecule has 45 heavy (non-hydrogen) atoms. The molecule has 0 N–H and O–H groups in total. The molecule has 3 atom stereocenters. The fraction of sp³-hybridized carbons (Fsp3) is 0.364. The van der Waals surface area contributed by atoms with E-state index in [0.717, 1.165) is 7.11 Å². The van der Waals surface area contributed by atoms with E-state index in [1.165, 1.54) is 31.3 Å². The molecule has 0 bridgehead atoms. The maximum atomic E-state index is 15.6. The van der Waals surface area contributed by atoms with Crippen molar-refractivity contribution < 1.29 is 36.7 Å². The molecular formula is C33H37F3N2O5PS-. The van der Waals surface area contributed by atoms with Crippen LogP contribution in [0.2, 0.25) is 0 Å². The fourth-order valence-electron chi connectivity index (χ4n) is 5.10. The summed E-state index contributed by atoms with van der Waals surface area (Å²) in [6.07, 6.45) is 3.55. The Bertz CT molecular complexity index is 1650. The summed E-state index contributed by atoms with van der Waals surface area (Å²) in [5, 5.41) is 0. The Balaban J connectivity index is 1.95. The maximum Gasteiger partial charge on any atom is 0.387 e. The molecule has 3 rings (SSSR count). The number of allylic oxidation sites excluding steroid dienone is 3. The number of ether oxygens (including phenoxy) is 1. The first-order valence-electron chi connectivity index (χ1n) is 14.1. The van der Waals surface area contributed by atoms with Crippen LogP contribution in [0.1, 0.15) is 74.0 Å². The van der Waals surface area contributed by atoms with Gasteiger partial charge < -0.3 is 14.2 Å². The van der Waals surface area contributed by atoms with Gasteiger partial charge in [-0.15, -0.1) is 0 Å². The van der Waals surface area contributed by atoms with Crippen LogP contribution < -0.4 is 9.63 Å². The van der Waals surface area contributed by atoms with Gasteiger partial charge in [0.05, 0.1) is 10.4 Å². The summed E-state index contributed by atoms with van der Waals surface area (Å²) in [7, 11) is 1.08. The highest BCUT2D eigenvalue weighted by Gasteiger charge is 2.37. The van der Waals surface area contributed by atoms with Crippen molar-refractivity contribution in [1.29, 1.82) is 0 Å². The number of alkyl halides is 2. The number of hydrogen-bond donors (Lipinski definition) is 0. The molecule has 0 amide bonds. The molecule has 0 saturated heterocycles. The third-order valence-electron chi connectivity index (χ3n) is 7.58. The summed E-state index contributed by atoms with van der Waals surface area (Å²) in [4.78, 5) is 33.5. The average Bonchev–Trinajstić information content (AvgIpc) is 3.22. The Kier molecular flexibility index (Phi) is 11.6. The van der Waals surface area contributed by atoms with Crippen LogP contribution >= 0.6 is 18.2 Å². The van der Waals surface area contributed by atoms with Gasteiger partial charge in [-0.1, -0.05) is 49.7 Å². The highest BCUT2D eigenvalue weighted by atomic mass is 32.7. The largest absolute Gasteiger partial charge is 0.770 e. The number of halogens is 3. The van der Waals surface area contributed by atoms with E-state index >= 15 is 4.39 Å². The summed E-state index contributed by atoms with van der Waals surface area (Å²) in [6, 6.07) is 7.40. The zero-order valence-corrected chi connectivity index (χ0v) is 28.0. The van der Waals surface area contributed by atoms with E-state index in [1.807, 2.05) is 6.92 Å². The second-order valence-corrected chi connectivity index (χ2v) is 15.5. The average molecular weight is 662 g/mol. The van der Waals surface area contributed by atoms with Gasteiger partial charge in [0.2, 0.25) is 0 Å². The molecule has 1 aliphatic rings. The van der Waals surface area contributed by atoms with Crippen LogP contribution in [0.3, 0.4) is 0 Å². The van der Waals surface area contributed by atoms with Gasteiger partial charge in [-0.25, -0.2) is 4.39 Å². The van der Waals surface area contributed by atoms with E-state index in [1.54, 1.807) is 45.9 Å². The number of benzene rings is 2. The van der Waals surface area contributed by atoms with Crippen molar-refractivity contribution >= 4 is 47.1 Å². The third kappa shape index (κ3) is 8.52. The van der Waals surface area contributed by atoms with E-state index < -0.39 is 29.9 Å². The van der Waals surface area contributed by atoms with Crippen molar-refractivity contribution in [2.45, 2.75) is 65.2 Å². The minimum atomic E-state index is -4.15. The molecule has 2 aromatic carbocycles. The predicted molar refractivity (Wildman–Crippen MR) is 175 cm³/mol. The number of carbonyl (C=O) groups excluding carboxylic acids is 1. The maximum absolute atomic E-state index is 15.6. The first-order chi connectivity index (χ1) is 20.9. The van der Waals surface area contributed by atoms with Gasteiger partial charge in [-0.3, -0.25) is 19.3 Å². The molecule has 1 saturated carbocycles. The van der Waals surface area contributed by atoms with E-state index in [-0.39, 0.29) is 34.3 Å². The molecule has 7 nitrogen and oxygen atoms in total. The van der Waals surface area contributed by atoms with Gasteiger partial charge in [0.1, 0.15) is 11.6 Å². The molecular weight excluding hydrogens is 624 g/mol. The second kappa shape index (κ2) is 14.5. The number of aryl methyl sites for hydroxylation is 1. The van der Waals surface area contributed by atoms with E-state index in [4.69, 9.17) is 9.73 Å². The first-order valence-corrected chi connectivity index (χ1v) is 17.0. The lowest BCUT2D eigenvalue weighted by molar-refractivity contribution is -0.187. The number of aliphatic imine (C=N–C) groups is 2. The van der Waals surface area contributed by atoms with Crippen molar-refractivity contribution in [1.82, 2.24) is 0 Å². The first kappa shape index (κ1) is 36.2. The number of ketones is 1. The molecule has 1 unspecified atom stereocenters. The number of carbonyl (C=O) groups is 1. The van der Waals surface area contributed by atoms with Gasteiger partial charge in [0, 0.05) is 53.4 Å². The van der Waals surface area contributed by atoms with Gasteiger partial charge in [0.25, 0.3) is 0 Å². The van der Waals surface area contributed by atoms with Crippen LogP contribution in [0.25, 0.3) is 5.57 Å². The molecule has 1 aliphatic carbocycles. The van der Waals surface area contributed by atoms with E-state index in [2.05, 4.69) is 22.7 Å². The van der Waals surface area contributed by atoms with Crippen LogP contribution in [-0.4, -0.2) is 36.2 Å². The van der Waals surface area contributed by atoms with Crippen molar-refractivity contribution in [2.75, 3.05) is 7.11 Å². The van der Waals surface area contributed by atoms with Crippen LogP contribution in [0.5, 0.6) is 5.75 Å². The summed E-state index contributed by atoms with van der Waals surface area (Å²) < 4.78 is 62.3. The zero-order chi connectivity index (χ0) is 33.9. The molecule has 1 fully saturated rings. The Morgan fingerprint density at radius 1 is 1.27 bits per heavy atom. The lowest BCUT2D eigenvalue weighted by Gasteiger charge is -2.31. The zero-order valence-electron chi connectivity index (χ0n) is 26.3. The summed E-state index contributed by atoms with van der Waals surface area (Å²) >= 11 is 0.586. The van der Waals surface area contributed by atoms with Gasteiger partial charge >= 0.3 is 6.61 Å². The molecule has 0 radical (unpaired) electrons. The topological polar surface area (TPSA) is 100 Å². The lowest BCUT2D eigenvalue weighted by Crippen LogP contribution is -2.18.